The lowest BCUT2D eigenvalue weighted by atomic mass is 9.96. The molecule has 2 aromatic rings. The number of carbonyl (C=O) groups excluding carboxylic acids is 2. The number of nitrogens with two attached hydrogens (primary N) is 1. The standard InChI is InChI=1S/C25H31N3O11S/c1-11-5-15(29)21-17(39-11)7-16-12(22(21)34)6-18(30)25(2,10-38-16)40-9-14(23(35)27-8-20(32)33)28-19(31)4-3-13(26)24(36)37/h5,7,13-14,18,30,34H,3-4,6,8-10,26H2,1-2H3,(H,27,35)(H,28,31)(H,32,33)(H,36,37). The molecule has 8 N–H and O–H groups in total. The van der Waals surface area contributed by atoms with E-state index >= 15 is 0 Å². The minimum Gasteiger partial charge on any atom is -0.507 e. The van der Waals surface area contributed by atoms with Gasteiger partial charge in [-0.2, -0.15) is 0 Å². The summed E-state index contributed by atoms with van der Waals surface area (Å²) < 4.78 is 10.4. The molecule has 2 amide bonds. The average Bonchev–Trinajstić information content (AvgIpc) is 2.99. The summed E-state index contributed by atoms with van der Waals surface area (Å²) in [5.74, 6) is -4.01. The molecule has 40 heavy (non-hydrogen) atoms. The van der Waals surface area contributed by atoms with E-state index in [2.05, 4.69) is 10.6 Å². The molecular weight excluding hydrogens is 550 g/mol. The maximum atomic E-state index is 12.7. The summed E-state index contributed by atoms with van der Waals surface area (Å²) in [5.41, 5.74) is 5.30. The van der Waals surface area contributed by atoms with Crippen LogP contribution in [0.2, 0.25) is 0 Å². The van der Waals surface area contributed by atoms with Crippen LogP contribution in [-0.4, -0.2) is 86.0 Å². The van der Waals surface area contributed by atoms with Crippen molar-refractivity contribution in [2.24, 2.45) is 5.73 Å². The molecule has 0 saturated carbocycles. The normalized spacial score (nSPS) is 19.9. The molecule has 0 spiro atoms. The second kappa shape index (κ2) is 12.6. The number of hydrogen-bond donors (Lipinski definition) is 7. The first kappa shape index (κ1) is 30.7. The van der Waals surface area contributed by atoms with Gasteiger partial charge in [0.1, 0.15) is 53.5 Å². The summed E-state index contributed by atoms with van der Waals surface area (Å²) in [6, 6.07) is 0.183. The molecule has 2 heterocycles. The number of thioether (sulfide) groups is 1. The van der Waals surface area contributed by atoms with Crippen LogP contribution in [0.3, 0.4) is 0 Å². The van der Waals surface area contributed by atoms with Crippen LogP contribution in [0.1, 0.15) is 31.1 Å². The number of aromatic hydroxyl groups is 1. The second-order valence-electron chi connectivity index (χ2n) is 9.64. The number of aliphatic carboxylic acids is 2. The van der Waals surface area contributed by atoms with Gasteiger partial charge in [0.15, 0.2) is 5.43 Å². The summed E-state index contributed by atoms with van der Waals surface area (Å²) in [5, 5.41) is 44.4. The molecule has 14 nitrogen and oxygen atoms in total. The molecule has 4 unspecified atom stereocenters. The number of phenols is 1. The summed E-state index contributed by atoms with van der Waals surface area (Å²) in [7, 11) is 0. The second-order valence-corrected chi connectivity index (χ2v) is 11.2. The number of carboxylic acids is 2. The van der Waals surface area contributed by atoms with E-state index < -0.39 is 58.7 Å². The van der Waals surface area contributed by atoms with Gasteiger partial charge in [0, 0.05) is 36.3 Å². The van der Waals surface area contributed by atoms with Gasteiger partial charge in [-0.15, -0.1) is 11.8 Å². The van der Waals surface area contributed by atoms with Gasteiger partial charge in [-0.3, -0.25) is 24.0 Å². The summed E-state index contributed by atoms with van der Waals surface area (Å²) in [6.45, 7) is 2.44. The van der Waals surface area contributed by atoms with Crippen LogP contribution in [-0.2, 0) is 25.6 Å². The fourth-order valence-electron chi connectivity index (χ4n) is 4.05. The predicted molar refractivity (Wildman–Crippen MR) is 142 cm³/mol. The van der Waals surface area contributed by atoms with Crippen LogP contribution in [0.25, 0.3) is 11.0 Å². The highest BCUT2D eigenvalue weighted by Gasteiger charge is 2.40. The Balaban J connectivity index is 1.78. The lowest BCUT2D eigenvalue weighted by Gasteiger charge is -2.33. The van der Waals surface area contributed by atoms with Crippen molar-refractivity contribution in [1.29, 1.82) is 0 Å². The first-order chi connectivity index (χ1) is 18.7. The number of aliphatic hydroxyl groups is 1. The van der Waals surface area contributed by atoms with Gasteiger partial charge in [-0.25, -0.2) is 0 Å². The van der Waals surface area contributed by atoms with Crippen LogP contribution in [0, 0.1) is 6.92 Å². The van der Waals surface area contributed by atoms with Gasteiger partial charge in [-0.1, -0.05) is 0 Å². The predicted octanol–water partition coefficient (Wildman–Crippen LogP) is -0.528. The zero-order chi connectivity index (χ0) is 29.8. The van der Waals surface area contributed by atoms with Crippen molar-refractivity contribution in [3.05, 3.63) is 33.7 Å². The SMILES string of the molecule is Cc1cc(=O)c2c(O)c3c(cc2o1)OCC(C)(SCC(NC(=O)CCC(N)C(=O)O)C(=O)NCC(=O)O)C(O)C3. The third-order valence-electron chi connectivity index (χ3n) is 6.44. The molecule has 1 aliphatic rings. The number of aryl methyl sites for hydroxylation is 1. The Morgan fingerprint density at radius 3 is 2.60 bits per heavy atom. The van der Waals surface area contributed by atoms with Gasteiger partial charge in [0.2, 0.25) is 11.8 Å². The topological polar surface area (TPSA) is 239 Å². The van der Waals surface area contributed by atoms with Crippen LogP contribution >= 0.6 is 11.8 Å². The van der Waals surface area contributed by atoms with Crippen LogP contribution in [0.4, 0.5) is 0 Å². The maximum absolute atomic E-state index is 12.7. The minimum atomic E-state index is -1.30. The Labute approximate surface area is 231 Å². The molecule has 0 fully saturated rings. The molecule has 1 aliphatic heterocycles. The Kier molecular flexibility index (Phi) is 9.65. The van der Waals surface area contributed by atoms with Crippen molar-refractivity contribution in [3.8, 4) is 11.5 Å². The minimum absolute atomic E-state index is 0.0445. The highest BCUT2D eigenvalue weighted by molar-refractivity contribution is 8.00. The van der Waals surface area contributed by atoms with E-state index in [4.69, 9.17) is 25.1 Å². The van der Waals surface area contributed by atoms with Gasteiger partial charge in [-0.05, 0) is 20.3 Å². The number of amides is 2. The quantitative estimate of drug-likeness (QED) is 0.177. The molecule has 0 aliphatic carbocycles. The highest BCUT2D eigenvalue weighted by Crippen LogP contribution is 2.42. The van der Waals surface area contributed by atoms with E-state index in [1.807, 2.05) is 0 Å². The Hall–Kier alpha value is -3.82. The maximum Gasteiger partial charge on any atom is 0.322 e. The van der Waals surface area contributed by atoms with Gasteiger partial charge >= 0.3 is 11.9 Å². The molecule has 218 valence electrons. The molecule has 0 radical (unpaired) electrons. The number of rotatable bonds is 11. The first-order valence-corrected chi connectivity index (χ1v) is 13.2. The number of benzene rings is 1. The molecule has 1 aromatic heterocycles. The van der Waals surface area contributed by atoms with E-state index in [0.717, 1.165) is 11.8 Å². The third kappa shape index (κ3) is 7.22. The highest BCUT2D eigenvalue weighted by atomic mass is 32.2. The fourth-order valence-corrected chi connectivity index (χ4v) is 5.25. The zero-order valence-electron chi connectivity index (χ0n) is 21.8. The third-order valence-corrected chi connectivity index (χ3v) is 7.99. The van der Waals surface area contributed by atoms with Gasteiger partial charge < -0.3 is 45.9 Å². The van der Waals surface area contributed by atoms with E-state index in [1.54, 1.807) is 13.8 Å². The smallest absolute Gasteiger partial charge is 0.322 e. The van der Waals surface area contributed by atoms with Crippen molar-refractivity contribution < 1.29 is 48.8 Å². The average molecular weight is 582 g/mol. The molecule has 1 aromatic carbocycles. The molecule has 0 bridgehead atoms. The molecule has 15 heteroatoms. The van der Waals surface area contributed by atoms with Crippen LogP contribution < -0.4 is 26.5 Å². The lowest BCUT2D eigenvalue weighted by molar-refractivity contribution is -0.139. The van der Waals surface area contributed by atoms with Crippen molar-refractivity contribution >= 4 is 46.5 Å². The number of aliphatic hydroxyl groups excluding tert-OH is 1. The lowest BCUT2D eigenvalue weighted by Crippen LogP contribution is -2.51. The van der Waals surface area contributed by atoms with E-state index in [-0.39, 0.29) is 59.7 Å². The monoisotopic (exact) mass is 581 g/mol. The largest absolute Gasteiger partial charge is 0.507 e. The molecule has 3 rings (SSSR count). The van der Waals surface area contributed by atoms with E-state index in [9.17, 15) is 34.2 Å². The summed E-state index contributed by atoms with van der Waals surface area (Å²) in [6.07, 6.45) is -1.73. The Bertz CT molecular complexity index is 1380. The number of carbonyl (C=O) groups is 4. The van der Waals surface area contributed by atoms with Crippen molar-refractivity contribution in [2.45, 2.75) is 56.0 Å². The number of ether oxygens (including phenoxy) is 1. The van der Waals surface area contributed by atoms with Crippen molar-refractivity contribution in [3.63, 3.8) is 0 Å². The van der Waals surface area contributed by atoms with Crippen LogP contribution in [0.5, 0.6) is 11.5 Å². The first-order valence-electron chi connectivity index (χ1n) is 12.2. The fraction of sp³-hybridized carbons (Fsp3) is 0.480. The zero-order valence-corrected chi connectivity index (χ0v) is 22.6. The molecular formula is C25H31N3O11S. The number of hydrogen-bond acceptors (Lipinski definition) is 11. The summed E-state index contributed by atoms with van der Waals surface area (Å²) in [4.78, 5) is 59.4. The van der Waals surface area contributed by atoms with Crippen molar-refractivity contribution in [1.82, 2.24) is 10.6 Å². The van der Waals surface area contributed by atoms with Gasteiger partial charge in [0.25, 0.3) is 0 Å². The number of carboxylic acid groups (broad SMARTS) is 2. The number of nitrogens with one attached hydrogen (secondary N) is 2. The number of fused-ring (bicyclic) bond motifs is 2. The molecule has 4 atom stereocenters. The van der Waals surface area contributed by atoms with E-state index in [0.29, 0.717) is 5.76 Å². The van der Waals surface area contributed by atoms with Crippen LogP contribution in [0.15, 0.2) is 21.3 Å². The van der Waals surface area contributed by atoms with E-state index in [1.165, 1.54) is 12.1 Å². The van der Waals surface area contributed by atoms with Crippen molar-refractivity contribution in [2.75, 3.05) is 18.9 Å². The summed E-state index contributed by atoms with van der Waals surface area (Å²) >= 11 is 1.07. The number of phenolic OH excluding ortho intramolecular Hbond substituents is 1. The van der Waals surface area contributed by atoms with Gasteiger partial charge in [0.05, 0.1) is 10.9 Å². The Morgan fingerprint density at radius 1 is 1.25 bits per heavy atom. The Morgan fingerprint density at radius 2 is 1.95 bits per heavy atom. The molecule has 0 saturated heterocycles.